The molecule has 1 aliphatic heterocycles. The Morgan fingerprint density at radius 1 is 1.36 bits per heavy atom. The quantitative estimate of drug-likeness (QED) is 0.846. The first kappa shape index (κ1) is 17.2. The lowest BCUT2D eigenvalue weighted by Crippen LogP contribution is -2.42. The second-order valence-corrected chi connectivity index (χ2v) is 7.82. The van der Waals surface area contributed by atoms with E-state index >= 15 is 0 Å². The molecule has 1 aliphatic rings. The average Bonchev–Trinajstić information content (AvgIpc) is 3.06. The third kappa shape index (κ3) is 3.97. The molecule has 1 atom stereocenters. The van der Waals surface area contributed by atoms with Crippen LogP contribution in [-0.2, 0) is 26.4 Å². The molecule has 0 spiro atoms. The molecule has 1 aromatic heterocycles. The Kier molecular flexibility index (Phi) is 5.78. The van der Waals surface area contributed by atoms with Crippen LogP contribution in [0, 0.1) is 0 Å². The number of carbonyl (C=O) groups excluding carboxylic acids is 1. The number of aryl methyl sites for hydroxylation is 2. The van der Waals surface area contributed by atoms with Crippen molar-refractivity contribution in [2.24, 2.45) is 7.05 Å². The largest absolute Gasteiger partial charge is 0.337 e. The van der Waals surface area contributed by atoms with E-state index in [2.05, 4.69) is 36.5 Å². The maximum absolute atomic E-state index is 12.1. The van der Waals surface area contributed by atoms with Crippen LogP contribution in [0.5, 0.6) is 0 Å². The number of hydrogen-bond donors (Lipinski definition) is 2. The van der Waals surface area contributed by atoms with Gasteiger partial charge in [0, 0.05) is 36.1 Å². The van der Waals surface area contributed by atoms with E-state index in [1.54, 1.807) is 0 Å². The van der Waals surface area contributed by atoms with E-state index in [1.807, 2.05) is 23.5 Å². The van der Waals surface area contributed by atoms with Crippen molar-refractivity contribution >= 4 is 17.8 Å². The minimum absolute atomic E-state index is 0.0818. The van der Waals surface area contributed by atoms with Gasteiger partial charge in [0.1, 0.15) is 0 Å². The van der Waals surface area contributed by atoms with Crippen LogP contribution in [0.1, 0.15) is 50.6 Å². The number of nitrogens with one attached hydrogen (secondary N) is 2. The zero-order valence-electron chi connectivity index (χ0n) is 14.2. The zero-order chi connectivity index (χ0) is 16.2. The van der Waals surface area contributed by atoms with Crippen molar-refractivity contribution < 1.29 is 4.79 Å². The number of thioether (sulfide) groups is 1. The Labute approximate surface area is 137 Å². The van der Waals surface area contributed by atoms with Gasteiger partial charge in [0.15, 0.2) is 0 Å². The predicted octanol–water partition coefficient (Wildman–Crippen LogP) is 2.63. The first-order valence-electron chi connectivity index (χ1n) is 8.18. The fraction of sp³-hybridized carbons (Fsp3) is 0.750. The molecule has 0 aliphatic carbocycles. The van der Waals surface area contributed by atoms with Crippen molar-refractivity contribution in [3.8, 4) is 0 Å². The van der Waals surface area contributed by atoms with Gasteiger partial charge in [0.2, 0.25) is 0 Å². The zero-order valence-corrected chi connectivity index (χ0v) is 15.0. The van der Waals surface area contributed by atoms with Gasteiger partial charge in [-0.1, -0.05) is 13.8 Å². The minimum atomic E-state index is -0.0818. The minimum Gasteiger partial charge on any atom is -0.337 e. The molecule has 0 saturated carbocycles. The number of aromatic nitrogens is 2. The summed E-state index contributed by atoms with van der Waals surface area (Å²) in [5.41, 5.74) is 3.46. The molecule has 2 rings (SSSR count). The molecule has 6 heteroatoms. The SMILES string of the molecule is CCc1nn(C)c(CC)c1CNC(=O)NCC1(C)CCCS1. The van der Waals surface area contributed by atoms with Crippen molar-refractivity contribution in [1.29, 1.82) is 0 Å². The summed E-state index contributed by atoms with van der Waals surface area (Å²) in [5.74, 6) is 1.20. The van der Waals surface area contributed by atoms with Crippen LogP contribution in [0.15, 0.2) is 0 Å². The molecule has 0 radical (unpaired) electrons. The Balaban J connectivity index is 1.88. The van der Waals surface area contributed by atoms with E-state index in [4.69, 9.17) is 0 Å². The molecule has 0 bridgehead atoms. The molecule has 1 saturated heterocycles. The summed E-state index contributed by atoms with van der Waals surface area (Å²) in [6.07, 6.45) is 4.25. The Morgan fingerprint density at radius 2 is 2.14 bits per heavy atom. The second-order valence-electron chi connectivity index (χ2n) is 6.14. The smallest absolute Gasteiger partial charge is 0.315 e. The normalized spacial score (nSPS) is 21.1. The highest BCUT2D eigenvalue weighted by Crippen LogP contribution is 2.36. The Bertz CT molecular complexity index is 520. The van der Waals surface area contributed by atoms with Crippen LogP contribution in [0.25, 0.3) is 0 Å². The third-order valence-electron chi connectivity index (χ3n) is 4.38. The van der Waals surface area contributed by atoms with E-state index in [-0.39, 0.29) is 10.8 Å². The number of carbonyl (C=O) groups is 1. The summed E-state index contributed by atoms with van der Waals surface area (Å²) in [4.78, 5) is 12.1. The van der Waals surface area contributed by atoms with Gasteiger partial charge in [-0.3, -0.25) is 4.68 Å². The van der Waals surface area contributed by atoms with E-state index < -0.39 is 0 Å². The third-order valence-corrected chi connectivity index (χ3v) is 5.92. The van der Waals surface area contributed by atoms with E-state index in [9.17, 15) is 4.79 Å². The molecule has 0 aromatic carbocycles. The maximum Gasteiger partial charge on any atom is 0.315 e. The van der Waals surface area contributed by atoms with Crippen LogP contribution in [0.2, 0.25) is 0 Å². The highest BCUT2D eigenvalue weighted by molar-refractivity contribution is 8.00. The van der Waals surface area contributed by atoms with Gasteiger partial charge in [0.25, 0.3) is 0 Å². The van der Waals surface area contributed by atoms with Gasteiger partial charge < -0.3 is 10.6 Å². The Morgan fingerprint density at radius 3 is 2.73 bits per heavy atom. The summed E-state index contributed by atoms with van der Waals surface area (Å²) >= 11 is 1.96. The monoisotopic (exact) mass is 324 g/mol. The number of rotatable bonds is 6. The lowest BCUT2D eigenvalue weighted by molar-refractivity contribution is 0.239. The summed E-state index contributed by atoms with van der Waals surface area (Å²) in [5, 5.41) is 10.5. The first-order valence-corrected chi connectivity index (χ1v) is 9.17. The summed E-state index contributed by atoms with van der Waals surface area (Å²) < 4.78 is 2.14. The molecular weight excluding hydrogens is 296 g/mol. The number of nitrogens with zero attached hydrogens (tertiary/aromatic N) is 2. The summed E-state index contributed by atoms with van der Waals surface area (Å²) in [6.45, 7) is 7.74. The first-order chi connectivity index (χ1) is 10.5. The van der Waals surface area contributed by atoms with Crippen LogP contribution in [-0.4, -0.2) is 32.9 Å². The van der Waals surface area contributed by atoms with Crippen molar-refractivity contribution in [3.05, 3.63) is 17.0 Å². The molecule has 5 nitrogen and oxygen atoms in total. The molecule has 2 N–H and O–H groups in total. The van der Waals surface area contributed by atoms with Crippen LogP contribution in [0.3, 0.4) is 0 Å². The summed E-state index contributed by atoms with van der Waals surface area (Å²) in [6, 6.07) is -0.0818. The standard InChI is InChI=1S/C16H28N4OS/c1-5-13-12(14(6-2)20(4)19-13)10-17-15(21)18-11-16(3)8-7-9-22-16/h5-11H2,1-4H3,(H2,17,18,21). The maximum atomic E-state index is 12.1. The van der Waals surface area contributed by atoms with Crippen LogP contribution >= 0.6 is 11.8 Å². The molecule has 124 valence electrons. The molecule has 22 heavy (non-hydrogen) atoms. The number of amides is 2. The van der Waals surface area contributed by atoms with Crippen molar-refractivity contribution in [3.63, 3.8) is 0 Å². The highest BCUT2D eigenvalue weighted by Gasteiger charge is 2.29. The molecule has 1 fully saturated rings. The van der Waals surface area contributed by atoms with E-state index in [0.29, 0.717) is 6.54 Å². The van der Waals surface area contributed by atoms with Gasteiger partial charge >= 0.3 is 6.03 Å². The Hall–Kier alpha value is -1.17. The molecular formula is C16H28N4OS. The lowest BCUT2D eigenvalue weighted by atomic mass is 10.1. The van der Waals surface area contributed by atoms with Crippen molar-refractivity contribution in [2.75, 3.05) is 12.3 Å². The second kappa shape index (κ2) is 7.40. The fourth-order valence-corrected chi connectivity index (χ4v) is 4.31. The number of hydrogen-bond acceptors (Lipinski definition) is 3. The van der Waals surface area contributed by atoms with E-state index in [0.717, 1.165) is 25.1 Å². The van der Waals surface area contributed by atoms with E-state index in [1.165, 1.54) is 29.9 Å². The van der Waals surface area contributed by atoms with Gasteiger partial charge in [0.05, 0.1) is 5.69 Å². The fourth-order valence-electron chi connectivity index (χ4n) is 3.07. The molecule has 1 aromatic rings. The van der Waals surface area contributed by atoms with Gasteiger partial charge in [-0.15, -0.1) is 0 Å². The molecule has 2 amide bonds. The average molecular weight is 324 g/mol. The molecule has 2 heterocycles. The van der Waals surface area contributed by atoms with Crippen molar-refractivity contribution in [2.45, 2.75) is 57.7 Å². The topological polar surface area (TPSA) is 59.0 Å². The van der Waals surface area contributed by atoms with Crippen LogP contribution in [0.4, 0.5) is 4.79 Å². The van der Waals surface area contributed by atoms with Gasteiger partial charge in [-0.05, 0) is 38.4 Å². The number of urea groups is 1. The predicted molar refractivity (Wildman–Crippen MR) is 92.3 cm³/mol. The lowest BCUT2D eigenvalue weighted by Gasteiger charge is -2.23. The van der Waals surface area contributed by atoms with Crippen LogP contribution < -0.4 is 10.6 Å². The van der Waals surface area contributed by atoms with Crippen molar-refractivity contribution in [1.82, 2.24) is 20.4 Å². The highest BCUT2D eigenvalue weighted by atomic mass is 32.2. The summed E-state index contributed by atoms with van der Waals surface area (Å²) in [7, 11) is 1.97. The molecule has 1 unspecified atom stereocenters. The van der Waals surface area contributed by atoms with Gasteiger partial charge in [-0.2, -0.15) is 16.9 Å². The van der Waals surface area contributed by atoms with Gasteiger partial charge in [-0.25, -0.2) is 4.79 Å².